The SMILES string of the molecule is CC1(C)O[C@@H]2COC(=O)O[C@@]2(C)CC[C@H]1O. The molecule has 0 aliphatic carbocycles. The molecular formula is C11H18O5. The van der Waals surface area contributed by atoms with Crippen LogP contribution in [0.2, 0.25) is 0 Å². The Balaban J connectivity index is 2.22. The molecule has 3 atom stereocenters. The van der Waals surface area contributed by atoms with Gasteiger partial charge in [-0.2, -0.15) is 0 Å². The lowest BCUT2D eigenvalue weighted by molar-refractivity contribution is -0.210. The van der Waals surface area contributed by atoms with Gasteiger partial charge in [0.25, 0.3) is 0 Å². The third-order valence-electron chi connectivity index (χ3n) is 3.51. The highest BCUT2D eigenvalue weighted by atomic mass is 16.8. The maximum absolute atomic E-state index is 11.1. The Bertz CT molecular complexity index is 301. The van der Waals surface area contributed by atoms with Crippen molar-refractivity contribution in [3.05, 3.63) is 0 Å². The molecule has 2 saturated heterocycles. The molecule has 0 aromatic carbocycles. The Kier molecular flexibility index (Phi) is 2.62. The van der Waals surface area contributed by atoms with Crippen LogP contribution in [0.15, 0.2) is 0 Å². The van der Waals surface area contributed by atoms with Gasteiger partial charge in [-0.3, -0.25) is 0 Å². The van der Waals surface area contributed by atoms with Gasteiger partial charge < -0.3 is 19.3 Å². The number of carbonyl (C=O) groups is 1. The normalized spacial score (nSPS) is 42.6. The summed E-state index contributed by atoms with van der Waals surface area (Å²) < 4.78 is 15.8. The lowest BCUT2D eigenvalue weighted by Crippen LogP contribution is -2.53. The number of aliphatic hydroxyl groups excluding tert-OH is 1. The molecule has 0 spiro atoms. The summed E-state index contributed by atoms with van der Waals surface area (Å²) in [5, 5.41) is 9.94. The van der Waals surface area contributed by atoms with Crippen molar-refractivity contribution in [1.82, 2.24) is 0 Å². The molecule has 0 unspecified atom stereocenters. The maximum atomic E-state index is 11.1. The fraction of sp³-hybridized carbons (Fsp3) is 0.909. The van der Waals surface area contributed by atoms with Crippen molar-refractivity contribution in [2.45, 2.75) is 57.0 Å². The third-order valence-corrected chi connectivity index (χ3v) is 3.51. The highest BCUT2D eigenvalue weighted by Gasteiger charge is 2.50. The van der Waals surface area contributed by atoms with Crippen molar-refractivity contribution in [3.63, 3.8) is 0 Å². The monoisotopic (exact) mass is 230 g/mol. The fourth-order valence-corrected chi connectivity index (χ4v) is 2.19. The van der Waals surface area contributed by atoms with Gasteiger partial charge in [-0.15, -0.1) is 0 Å². The molecule has 0 aromatic rings. The van der Waals surface area contributed by atoms with Crippen LogP contribution in [0, 0.1) is 0 Å². The van der Waals surface area contributed by atoms with E-state index < -0.39 is 23.5 Å². The average molecular weight is 230 g/mol. The summed E-state index contributed by atoms with van der Waals surface area (Å²) in [6, 6.07) is 0. The molecule has 1 N–H and O–H groups in total. The first kappa shape index (κ1) is 11.7. The summed E-state index contributed by atoms with van der Waals surface area (Å²) in [5.41, 5.74) is -1.33. The summed E-state index contributed by atoms with van der Waals surface area (Å²) in [4.78, 5) is 11.1. The molecule has 5 heteroatoms. The van der Waals surface area contributed by atoms with Gasteiger partial charge in [-0.1, -0.05) is 0 Å². The number of hydrogen-bond donors (Lipinski definition) is 1. The van der Waals surface area contributed by atoms with Crippen LogP contribution >= 0.6 is 0 Å². The van der Waals surface area contributed by atoms with E-state index in [1.807, 2.05) is 20.8 Å². The molecule has 2 aliphatic rings. The number of fused-ring (bicyclic) bond motifs is 1. The van der Waals surface area contributed by atoms with E-state index in [0.29, 0.717) is 12.8 Å². The van der Waals surface area contributed by atoms with Crippen molar-refractivity contribution >= 4 is 6.16 Å². The minimum atomic E-state index is -0.690. The molecular weight excluding hydrogens is 212 g/mol. The predicted molar refractivity (Wildman–Crippen MR) is 55.0 cm³/mol. The predicted octanol–water partition coefficient (Wildman–Crippen LogP) is 1.23. The molecule has 0 amide bonds. The molecule has 2 rings (SSSR count). The first-order valence-electron chi connectivity index (χ1n) is 5.55. The zero-order chi connectivity index (χ0) is 12.0. The topological polar surface area (TPSA) is 65.0 Å². The third kappa shape index (κ3) is 1.89. The van der Waals surface area contributed by atoms with Crippen LogP contribution in [0.3, 0.4) is 0 Å². The molecule has 92 valence electrons. The van der Waals surface area contributed by atoms with Crippen LogP contribution in [-0.2, 0) is 14.2 Å². The van der Waals surface area contributed by atoms with Crippen LogP contribution in [-0.4, -0.2) is 41.3 Å². The zero-order valence-electron chi connectivity index (χ0n) is 9.86. The lowest BCUT2D eigenvalue weighted by Gasteiger charge is -2.40. The fourth-order valence-electron chi connectivity index (χ4n) is 2.19. The second-order valence-corrected chi connectivity index (χ2v) is 5.24. The number of hydrogen-bond acceptors (Lipinski definition) is 5. The molecule has 2 aliphatic heterocycles. The van der Waals surface area contributed by atoms with Crippen molar-refractivity contribution in [2.24, 2.45) is 0 Å². The van der Waals surface area contributed by atoms with E-state index in [4.69, 9.17) is 14.2 Å². The second kappa shape index (κ2) is 3.60. The summed E-state index contributed by atoms with van der Waals surface area (Å²) in [6.45, 7) is 5.68. The number of aliphatic hydroxyl groups is 1. The number of rotatable bonds is 0. The second-order valence-electron chi connectivity index (χ2n) is 5.24. The average Bonchev–Trinajstić information content (AvgIpc) is 2.26. The number of ether oxygens (including phenoxy) is 3. The van der Waals surface area contributed by atoms with Crippen molar-refractivity contribution in [2.75, 3.05) is 6.61 Å². The highest BCUT2D eigenvalue weighted by molar-refractivity contribution is 5.61. The van der Waals surface area contributed by atoms with Crippen molar-refractivity contribution < 1.29 is 24.1 Å². The van der Waals surface area contributed by atoms with Gasteiger partial charge in [0.15, 0.2) is 0 Å². The Hall–Kier alpha value is -0.810. The molecule has 0 radical (unpaired) electrons. The van der Waals surface area contributed by atoms with E-state index >= 15 is 0 Å². The summed E-state index contributed by atoms with van der Waals surface area (Å²) in [7, 11) is 0. The van der Waals surface area contributed by atoms with Crippen LogP contribution in [0.25, 0.3) is 0 Å². The standard InChI is InChI=1S/C11H18O5/c1-10(2)7(12)4-5-11(3)8(15-10)6-14-9(13)16-11/h7-8,12H,4-6H2,1-3H3/t7-,8-,11+/m1/s1. The quantitative estimate of drug-likeness (QED) is 0.634. The van der Waals surface area contributed by atoms with E-state index in [9.17, 15) is 9.90 Å². The van der Waals surface area contributed by atoms with Gasteiger partial charge in [0, 0.05) is 0 Å². The van der Waals surface area contributed by atoms with Gasteiger partial charge in [-0.25, -0.2) is 4.79 Å². The van der Waals surface area contributed by atoms with Crippen LogP contribution in [0.1, 0.15) is 33.6 Å². The van der Waals surface area contributed by atoms with Gasteiger partial charge in [0.2, 0.25) is 0 Å². The summed E-state index contributed by atoms with van der Waals surface area (Å²) in [6.07, 6.45) is -0.410. The van der Waals surface area contributed by atoms with E-state index in [2.05, 4.69) is 0 Å². The lowest BCUT2D eigenvalue weighted by atomic mass is 9.91. The Morgan fingerprint density at radius 1 is 1.38 bits per heavy atom. The minimum Gasteiger partial charge on any atom is -0.431 e. The van der Waals surface area contributed by atoms with E-state index in [1.54, 1.807) is 0 Å². The van der Waals surface area contributed by atoms with Gasteiger partial charge >= 0.3 is 6.16 Å². The smallest absolute Gasteiger partial charge is 0.431 e. The molecule has 0 bridgehead atoms. The van der Waals surface area contributed by atoms with Gasteiger partial charge in [0.05, 0.1) is 11.7 Å². The molecule has 2 heterocycles. The van der Waals surface area contributed by atoms with Crippen molar-refractivity contribution in [3.8, 4) is 0 Å². The van der Waals surface area contributed by atoms with Crippen LogP contribution in [0.4, 0.5) is 4.79 Å². The van der Waals surface area contributed by atoms with Crippen LogP contribution < -0.4 is 0 Å². The van der Waals surface area contributed by atoms with Gasteiger partial charge in [0.1, 0.15) is 18.3 Å². The first-order valence-corrected chi connectivity index (χ1v) is 5.55. The largest absolute Gasteiger partial charge is 0.509 e. The summed E-state index contributed by atoms with van der Waals surface area (Å²) in [5.74, 6) is 0. The molecule has 16 heavy (non-hydrogen) atoms. The Morgan fingerprint density at radius 3 is 2.75 bits per heavy atom. The molecule has 0 aromatic heterocycles. The Labute approximate surface area is 94.7 Å². The first-order chi connectivity index (χ1) is 7.33. The summed E-state index contributed by atoms with van der Waals surface area (Å²) >= 11 is 0. The van der Waals surface area contributed by atoms with E-state index in [1.165, 1.54) is 0 Å². The zero-order valence-corrected chi connectivity index (χ0v) is 9.86. The Morgan fingerprint density at radius 2 is 2.06 bits per heavy atom. The van der Waals surface area contributed by atoms with Crippen LogP contribution in [0.5, 0.6) is 0 Å². The number of cyclic esters (lactones) is 1. The minimum absolute atomic E-state index is 0.186. The van der Waals surface area contributed by atoms with E-state index in [-0.39, 0.29) is 12.7 Å². The highest BCUT2D eigenvalue weighted by Crippen LogP contribution is 2.37. The molecule has 2 fully saturated rings. The molecule has 5 nitrogen and oxygen atoms in total. The van der Waals surface area contributed by atoms with Crippen molar-refractivity contribution in [1.29, 1.82) is 0 Å². The molecule has 0 saturated carbocycles. The number of carbonyl (C=O) groups excluding carboxylic acids is 1. The maximum Gasteiger partial charge on any atom is 0.509 e. The van der Waals surface area contributed by atoms with E-state index in [0.717, 1.165) is 0 Å². The van der Waals surface area contributed by atoms with Gasteiger partial charge in [-0.05, 0) is 33.6 Å².